The van der Waals surface area contributed by atoms with E-state index in [-0.39, 0.29) is 36.7 Å². The molecular formula is C13H22Cl2FN3. The number of hydrazine groups is 1. The van der Waals surface area contributed by atoms with E-state index >= 15 is 0 Å². The highest BCUT2D eigenvalue weighted by molar-refractivity contribution is 5.85. The molecule has 3 nitrogen and oxygen atoms in total. The van der Waals surface area contributed by atoms with Crippen molar-refractivity contribution in [3.8, 4) is 0 Å². The number of halogens is 3. The van der Waals surface area contributed by atoms with Gasteiger partial charge in [0.15, 0.2) is 0 Å². The zero-order valence-electron chi connectivity index (χ0n) is 11.0. The summed E-state index contributed by atoms with van der Waals surface area (Å²) in [4.78, 5) is 0. The fourth-order valence-corrected chi connectivity index (χ4v) is 2.28. The smallest absolute Gasteiger partial charge is 0.123 e. The molecular weight excluding hydrogens is 288 g/mol. The van der Waals surface area contributed by atoms with Crippen LogP contribution in [-0.2, 0) is 0 Å². The van der Waals surface area contributed by atoms with Crippen molar-refractivity contribution in [1.82, 2.24) is 16.2 Å². The molecule has 0 aromatic heterocycles. The van der Waals surface area contributed by atoms with Crippen LogP contribution in [-0.4, -0.2) is 19.6 Å². The molecule has 0 spiro atoms. The van der Waals surface area contributed by atoms with Crippen LogP contribution in [0.2, 0.25) is 0 Å². The molecule has 3 N–H and O–H groups in total. The minimum absolute atomic E-state index is 0. The summed E-state index contributed by atoms with van der Waals surface area (Å²) in [5.41, 5.74) is 7.55. The van der Waals surface area contributed by atoms with E-state index in [1.165, 1.54) is 6.07 Å². The molecule has 2 atom stereocenters. The normalized spacial score (nSPS) is 21.6. The lowest BCUT2D eigenvalue weighted by Crippen LogP contribution is -2.31. The number of nitrogens with one attached hydrogen (secondary N) is 3. The van der Waals surface area contributed by atoms with Crippen molar-refractivity contribution in [3.63, 3.8) is 0 Å². The van der Waals surface area contributed by atoms with Gasteiger partial charge in [-0.25, -0.2) is 4.39 Å². The minimum Gasteiger partial charge on any atom is -0.320 e. The zero-order chi connectivity index (χ0) is 12.1. The lowest BCUT2D eigenvalue weighted by atomic mass is 10.00. The second kappa shape index (κ2) is 9.50. The lowest BCUT2D eigenvalue weighted by Gasteiger charge is -2.09. The summed E-state index contributed by atoms with van der Waals surface area (Å²) in [7, 11) is 1.97. The molecule has 6 heteroatoms. The van der Waals surface area contributed by atoms with Crippen LogP contribution in [0.15, 0.2) is 24.3 Å². The molecule has 0 radical (unpaired) electrons. The summed E-state index contributed by atoms with van der Waals surface area (Å²) in [6, 6.07) is 7.53. The van der Waals surface area contributed by atoms with Crippen LogP contribution < -0.4 is 16.2 Å². The second-order valence-corrected chi connectivity index (χ2v) is 4.57. The van der Waals surface area contributed by atoms with E-state index in [0.29, 0.717) is 6.04 Å². The molecule has 110 valence electrons. The Morgan fingerprint density at radius 2 is 2.11 bits per heavy atom. The van der Waals surface area contributed by atoms with Crippen LogP contribution in [0.25, 0.3) is 0 Å². The standard InChI is InChI=1S/C13H20FN3.2ClH/c1-15-7-3-6-12-9-13(17-16-12)10-4-2-5-11(14)8-10;;/h2,4-5,8,12-13,15-17H,3,6-7,9H2,1H3;2*1H. The molecule has 1 aromatic carbocycles. The van der Waals surface area contributed by atoms with E-state index in [2.05, 4.69) is 16.2 Å². The van der Waals surface area contributed by atoms with E-state index in [0.717, 1.165) is 31.4 Å². The van der Waals surface area contributed by atoms with Crippen molar-refractivity contribution in [2.24, 2.45) is 0 Å². The van der Waals surface area contributed by atoms with E-state index < -0.39 is 0 Å². The van der Waals surface area contributed by atoms with Gasteiger partial charge in [0, 0.05) is 12.1 Å². The van der Waals surface area contributed by atoms with Gasteiger partial charge in [-0.3, -0.25) is 10.9 Å². The topological polar surface area (TPSA) is 36.1 Å². The van der Waals surface area contributed by atoms with Crippen molar-refractivity contribution in [2.75, 3.05) is 13.6 Å². The van der Waals surface area contributed by atoms with Crippen LogP contribution in [0.3, 0.4) is 0 Å². The first-order valence-electron chi connectivity index (χ1n) is 6.20. The van der Waals surface area contributed by atoms with Gasteiger partial charge < -0.3 is 5.32 Å². The van der Waals surface area contributed by atoms with Crippen molar-refractivity contribution < 1.29 is 4.39 Å². The molecule has 0 amide bonds. The van der Waals surface area contributed by atoms with Crippen LogP contribution in [0.1, 0.15) is 30.9 Å². The molecule has 0 bridgehead atoms. The predicted molar refractivity (Wildman–Crippen MR) is 81.5 cm³/mol. The largest absolute Gasteiger partial charge is 0.320 e. The Balaban J connectivity index is 0.00000162. The van der Waals surface area contributed by atoms with Gasteiger partial charge in [-0.05, 0) is 50.6 Å². The zero-order valence-corrected chi connectivity index (χ0v) is 12.6. The molecule has 1 aliphatic rings. The monoisotopic (exact) mass is 309 g/mol. The highest BCUT2D eigenvalue weighted by Gasteiger charge is 2.24. The fraction of sp³-hybridized carbons (Fsp3) is 0.538. The Morgan fingerprint density at radius 3 is 2.79 bits per heavy atom. The highest BCUT2D eigenvalue weighted by Crippen LogP contribution is 2.24. The molecule has 19 heavy (non-hydrogen) atoms. The Kier molecular flexibility index (Phi) is 9.31. The number of hydrogen-bond acceptors (Lipinski definition) is 3. The van der Waals surface area contributed by atoms with Gasteiger partial charge in [0.1, 0.15) is 5.82 Å². The van der Waals surface area contributed by atoms with Crippen LogP contribution in [0, 0.1) is 5.82 Å². The number of hydrogen-bond donors (Lipinski definition) is 3. The lowest BCUT2D eigenvalue weighted by molar-refractivity contribution is 0.496. The molecule has 0 aliphatic carbocycles. The summed E-state index contributed by atoms with van der Waals surface area (Å²) < 4.78 is 13.1. The van der Waals surface area contributed by atoms with Gasteiger partial charge in [-0.1, -0.05) is 12.1 Å². The maximum Gasteiger partial charge on any atom is 0.123 e. The summed E-state index contributed by atoms with van der Waals surface area (Å²) in [5.74, 6) is -0.164. The Bertz CT molecular complexity index is 365. The van der Waals surface area contributed by atoms with Crippen molar-refractivity contribution in [1.29, 1.82) is 0 Å². The van der Waals surface area contributed by atoms with Crippen molar-refractivity contribution >= 4 is 24.8 Å². The van der Waals surface area contributed by atoms with Gasteiger partial charge in [0.05, 0.1) is 0 Å². The van der Waals surface area contributed by atoms with Crippen LogP contribution in [0.4, 0.5) is 4.39 Å². The quantitative estimate of drug-likeness (QED) is 0.732. The van der Waals surface area contributed by atoms with Crippen molar-refractivity contribution in [3.05, 3.63) is 35.6 Å². The average Bonchev–Trinajstić information content (AvgIpc) is 2.78. The van der Waals surface area contributed by atoms with Gasteiger partial charge in [0.25, 0.3) is 0 Å². The molecule has 1 saturated heterocycles. The molecule has 2 unspecified atom stereocenters. The summed E-state index contributed by atoms with van der Waals surface area (Å²) in [5, 5.41) is 3.14. The third-order valence-electron chi connectivity index (χ3n) is 3.21. The summed E-state index contributed by atoms with van der Waals surface area (Å²) >= 11 is 0. The molecule has 1 heterocycles. The predicted octanol–water partition coefficient (Wildman–Crippen LogP) is 2.58. The SMILES string of the molecule is CNCCCC1CC(c2cccc(F)c2)NN1.Cl.Cl. The van der Waals surface area contributed by atoms with Gasteiger partial charge >= 0.3 is 0 Å². The Labute approximate surface area is 126 Å². The molecule has 1 aromatic rings. The van der Waals surface area contributed by atoms with Gasteiger partial charge in [-0.15, -0.1) is 24.8 Å². The van der Waals surface area contributed by atoms with Crippen LogP contribution in [0.5, 0.6) is 0 Å². The molecule has 0 saturated carbocycles. The van der Waals surface area contributed by atoms with E-state index in [4.69, 9.17) is 0 Å². The van der Waals surface area contributed by atoms with Crippen LogP contribution >= 0.6 is 24.8 Å². The van der Waals surface area contributed by atoms with E-state index in [1.54, 1.807) is 12.1 Å². The minimum atomic E-state index is -0.164. The molecule has 1 fully saturated rings. The van der Waals surface area contributed by atoms with E-state index in [1.807, 2.05) is 13.1 Å². The summed E-state index contributed by atoms with van der Waals surface area (Å²) in [6.07, 6.45) is 3.32. The fourth-order valence-electron chi connectivity index (χ4n) is 2.28. The first-order valence-corrected chi connectivity index (χ1v) is 6.20. The van der Waals surface area contributed by atoms with Gasteiger partial charge in [0.2, 0.25) is 0 Å². The van der Waals surface area contributed by atoms with Gasteiger partial charge in [-0.2, -0.15) is 0 Å². The Hall–Kier alpha value is -0.390. The first-order chi connectivity index (χ1) is 8.29. The van der Waals surface area contributed by atoms with Crippen molar-refractivity contribution in [2.45, 2.75) is 31.3 Å². The third kappa shape index (κ3) is 5.63. The molecule has 1 aliphatic heterocycles. The molecule has 2 rings (SSSR count). The van der Waals surface area contributed by atoms with E-state index in [9.17, 15) is 4.39 Å². The number of benzene rings is 1. The Morgan fingerprint density at radius 1 is 1.32 bits per heavy atom. The maximum atomic E-state index is 13.1. The number of rotatable bonds is 5. The summed E-state index contributed by atoms with van der Waals surface area (Å²) in [6.45, 7) is 1.04. The third-order valence-corrected chi connectivity index (χ3v) is 3.21. The highest BCUT2D eigenvalue weighted by atomic mass is 35.5. The maximum absolute atomic E-state index is 13.1. The average molecular weight is 310 g/mol. The second-order valence-electron chi connectivity index (χ2n) is 4.57. The first kappa shape index (κ1) is 18.6.